The van der Waals surface area contributed by atoms with Crippen LogP contribution in [0.2, 0.25) is 0 Å². The van der Waals surface area contributed by atoms with Crippen LogP contribution in [0.15, 0.2) is 59.6 Å². The molecule has 1 aromatic heterocycles. The second kappa shape index (κ2) is 7.27. The molecule has 0 aliphatic carbocycles. The average molecular weight is 373 g/mol. The van der Waals surface area contributed by atoms with Crippen LogP contribution in [0.5, 0.6) is 0 Å². The van der Waals surface area contributed by atoms with Crippen molar-refractivity contribution in [3.63, 3.8) is 0 Å². The number of aromatic nitrogens is 1. The van der Waals surface area contributed by atoms with Crippen molar-refractivity contribution in [1.29, 1.82) is 0 Å². The van der Waals surface area contributed by atoms with Crippen LogP contribution in [-0.4, -0.2) is 24.5 Å². The van der Waals surface area contributed by atoms with E-state index in [1.165, 1.54) is 25.1 Å². The first-order valence-electron chi connectivity index (χ1n) is 8.18. The molecule has 0 saturated heterocycles. The predicted molar refractivity (Wildman–Crippen MR) is 99.6 cm³/mol. The van der Waals surface area contributed by atoms with Gasteiger partial charge < -0.3 is 4.57 Å². The molecule has 0 radical (unpaired) electrons. The van der Waals surface area contributed by atoms with Gasteiger partial charge in [0, 0.05) is 36.4 Å². The van der Waals surface area contributed by atoms with E-state index in [1.54, 1.807) is 0 Å². The molecule has 26 heavy (non-hydrogen) atoms. The van der Waals surface area contributed by atoms with Gasteiger partial charge in [0.2, 0.25) is 10.0 Å². The number of fused-ring (bicyclic) bond motifs is 1. The van der Waals surface area contributed by atoms with Crippen LogP contribution < -0.4 is 4.72 Å². The molecule has 8 heteroatoms. The lowest BCUT2D eigenvalue weighted by Crippen LogP contribution is -2.26. The fraction of sp³-hybridized carbons (Fsp3) is 0.222. The van der Waals surface area contributed by atoms with Gasteiger partial charge in [-0.15, -0.1) is 0 Å². The minimum absolute atomic E-state index is 0.0573. The summed E-state index contributed by atoms with van der Waals surface area (Å²) in [6.07, 6.45) is 2.58. The van der Waals surface area contributed by atoms with Crippen molar-refractivity contribution in [2.75, 3.05) is 6.54 Å². The number of nitrogens with one attached hydrogen (secondary N) is 1. The number of nitro benzene ring substituents is 1. The van der Waals surface area contributed by atoms with Crippen LogP contribution in [0.25, 0.3) is 10.9 Å². The van der Waals surface area contributed by atoms with E-state index in [-0.39, 0.29) is 22.7 Å². The Labute approximate surface area is 151 Å². The Kier molecular flexibility index (Phi) is 5.06. The summed E-state index contributed by atoms with van der Waals surface area (Å²) in [5, 5.41) is 12.1. The highest BCUT2D eigenvalue weighted by molar-refractivity contribution is 7.89. The van der Waals surface area contributed by atoms with Crippen LogP contribution in [-0.2, 0) is 16.6 Å². The number of nitrogens with zero attached hydrogens (tertiary/aromatic N) is 2. The zero-order valence-electron chi connectivity index (χ0n) is 14.3. The molecule has 7 nitrogen and oxygen atoms in total. The maximum absolute atomic E-state index is 12.5. The molecule has 1 heterocycles. The SMILES string of the molecule is Cc1c([N+](=O)[O-])cccc1S(=O)(=O)NCCCn1ccc2ccccc21. The number of hydrogen-bond acceptors (Lipinski definition) is 4. The molecule has 0 fully saturated rings. The van der Waals surface area contributed by atoms with Crippen LogP contribution in [0.3, 0.4) is 0 Å². The molecule has 3 rings (SSSR count). The quantitative estimate of drug-likeness (QED) is 0.391. The van der Waals surface area contributed by atoms with E-state index in [1.807, 2.05) is 36.5 Å². The van der Waals surface area contributed by atoms with Crippen LogP contribution in [0.4, 0.5) is 5.69 Å². The number of hydrogen-bond donors (Lipinski definition) is 1. The highest BCUT2D eigenvalue weighted by atomic mass is 32.2. The lowest BCUT2D eigenvalue weighted by molar-refractivity contribution is -0.385. The largest absolute Gasteiger partial charge is 0.347 e. The molecule has 1 N–H and O–H groups in total. The molecule has 0 bridgehead atoms. The van der Waals surface area contributed by atoms with Gasteiger partial charge in [-0.25, -0.2) is 13.1 Å². The van der Waals surface area contributed by atoms with E-state index in [9.17, 15) is 18.5 Å². The zero-order chi connectivity index (χ0) is 18.7. The molecule has 0 amide bonds. The van der Waals surface area contributed by atoms with Gasteiger partial charge in [-0.3, -0.25) is 10.1 Å². The summed E-state index contributed by atoms with van der Waals surface area (Å²) in [7, 11) is -3.79. The van der Waals surface area contributed by atoms with Gasteiger partial charge >= 0.3 is 0 Å². The van der Waals surface area contributed by atoms with E-state index in [0.717, 1.165) is 10.9 Å². The van der Waals surface area contributed by atoms with Crippen LogP contribution in [0, 0.1) is 17.0 Å². The van der Waals surface area contributed by atoms with Crippen molar-refractivity contribution in [2.45, 2.75) is 24.8 Å². The smallest absolute Gasteiger partial charge is 0.273 e. The van der Waals surface area contributed by atoms with Crippen molar-refractivity contribution in [3.8, 4) is 0 Å². The third-order valence-electron chi connectivity index (χ3n) is 4.29. The summed E-state index contributed by atoms with van der Waals surface area (Å²) < 4.78 is 29.5. The standard InChI is InChI=1S/C18H19N3O4S/c1-14-16(21(22)23)8-4-9-18(14)26(24,25)19-11-5-12-20-13-10-15-6-2-3-7-17(15)20/h2-4,6-10,13,19H,5,11-12H2,1H3. The second-order valence-electron chi connectivity index (χ2n) is 5.98. The normalized spacial score (nSPS) is 11.7. The number of benzene rings is 2. The summed E-state index contributed by atoms with van der Waals surface area (Å²) in [6, 6.07) is 14.1. The Morgan fingerprint density at radius 1 is 1.12 bits per heavy atom. The summed E-state index contributed by atoms with van der Waals surface area (Å²) in [5.74, 6) is 0. The number of nitro groups is 1. The molecular formula is C18H19N3O4S. The third-order valence-corrected chi connectivity index (χ3v) is 5.90. The maximum atomic E-state index is 12.5. The first-order valence-corrected chi connectivity index (χ1v) is 9.66. The van der Waals surface area contributed by atoms with Crippen molar-refractivity contribution >= 4 is 26.6 Å². The van der Waals surface area contributed by atoms with Crippen molar-refractivity contribution in [1.82, 2.24) is 9.29 Å². The zero-order valence-corrected chi connectivity index (χ0v) is 15.1. The predicted octanol–water partition coefficient (Wildman–Crippen LogP) is 3.23. The van der Waals surface area contributed by atoms with Crippen molar-refractivity contribution in [2.24, 2.45) is 0 Å². The topological polar surface area (TPSA) is 94.2 Å². The summed E-state index contributed by atoms with van der Waals surface area (Å²) >= 11 is 0. The minimum Gasteiger partial charge on any atom is -0.347 e. The summed E-state index contributed by atoms with van der Waals surface area (Å²) in [4.78, 5) is 10.4. The van der Waals surface area contributed by atoms with Gasteiger partial charge in [0.15, 0.2) is 0 Å². The van der Waals surface area contributed by atoms with Crippen molar-refractivity contribution in [3.05, 3.63) is 70.4 Å². The number of sulfonamides is 1. The van der Waals surface area contributed by atoms with E-state index >= 15 is 0 Å². The van der Waals surface area contributed by atoms with Crippen LogP contribution >= 0.6 is 0 Å². The molecule has 0 aliphatic heterocycles. The van der Waals surface area contributed by atoms with E-state index in [0.29, 0.717) is 13.0 Å². The van der Waals surface area contributed by atoms with Gasteiger partial charge in [0.1, 0.15) is 0 Å². The first-order chi connectivity index (χ1) is 12.4. The Hall–Kier alpha value is -2.71. The average Bonchev–Trinajstić information content (AvgIpc) is 3.02. The van der Waals surface area contributed by atoms with E-state index in [2.05, 4.69) is 9.29 Å². The third kappa shape index (κ3) is 3.61. The van der Waals surface area contributed by atoms with Gasteiger partial charge in [-0.2, -0.15) is 0 Å². The second-order valence-corrected chi connectivity index (χ2v) is 7.71. The lowest BCUT2D eigenvalue weighted by atomic mass is 10.2. The molecule has 0 atom stereocenters. The summed E-state index contributed by atoms with van der Waals surface area (Å²) in [6.45, 7) is 2.36. The van der Waals surface area contributed by atoms with E-state index < -0.39 is 14.9 Å². The molecule has 0 unspecified atom stereocenters. The highest BCUT2D eigenvalue weighted by Gasteiger charge is 2.22. The Morgan fingerprint density at radius 3 is 2.65 bits per heavy atom. The molecule has 0 saturated carbocycles. The van der Waals surface area contributed by atoms with Gasteiger partial charge in [-0.1, -0.05) is 24.3 Å². The van der Waals surface area contributed by atoms with Crippen molar-refractivity contribution < 1.29 is 13.3 Å². The van der Waals surface area contributed by atoms with Crippen LogP contribution in [0.1, 0.15) is 12.0 Å². The minimum atomic E-state index is -3.79. The molecular weight excluding hydrogens is 354 g/mol. The van der Waals surface area contributed by atoms with E-state index in [4.69, 9.17) is 0 Å². The highest BCUT2D eigenvalue weighted by Crippen LogP contribution is 2.24. The number of aryl methyl sites for hydroxylation is 1. The maximum Gasteiger partial charge on any atom is 0.273 e. The first kappa shape index (κ1) is 18.1. The summed E-state index contributed by atoms with van der Waals surface area (Å²) in [5.41, 5.74) is 1.04. The molecule has 3 aromatic rings. The molecule has 136 valence electrons. The Balaban J connectivity index is 1.66. The molecule has 0 aliphatic rings. The van der Waals surface area contributed by atoms with Gasteiger partial charge in [0.05, 0.1) is 9.82 Å². The Morgan fingerprint density at radius 2 is 1.88 bits per heavy atom. The Bertz CT molecular complexity index is 1060. The number of para-hydroxylation sites is 1. The molecule has 0 spiro atoms. The van der Waals surface area contributed by atoms with Gasteiger partial charge in [0.25, 0.3) is 5.69 Å². The fourth-order valence-electron chi connectivity index (χ4n) is 2.96. The lowest BCUT2D eigenvalue weighted by Gasteiger charge is -2.10. The van der Waals surface area contributed by atoms with Gasteiger partial charge in [-0.05, 0) is 36.9 Å². The fourth-order valence-corrected chi connectivity index (χ4v) is 4.30. The monoisotopic (exact) mass is 373 g/mol. The molecule has 2 aromatic carbocycles. The number of rotatable bonds is 7.